The quantitative estimate of drug-likeness (QED) is 0.139. The number of rotatable bonds is 15. The SMILES string of the molecule is CCCCOC(=O)OC(C)CC(c1ccc(OC(=O)OCCC)c(OC(=O)OCCC)c1)[C@H](N)C(=O)O. The molecule has 3 N–H and O–H groups in total. The monoisotopic (exact) mass is 527 g/mol. The van der Waals surface area contributed by atoms with Crippen molar-refractivity contribution in [2.75, 3.05) is 19.8 Å². The predicted octanol–water partition coefficient (Wildman–Crippen LogP) is 4.76. The van der Waals surface area contributed by atoms with Crippen molar-refractivity contribution in [3.05, 3.63) is 23.8 Å². The lowest BCUT2D eigenvalue weighted by Gasteiger charge is -2.25. The number of hydrogen-bond acceptors (Lipinski definition) is 11. The molecular formula is C25H37NO11. The zero-order valence-corrected chi connectivity index (χ0v) is 21.7. The Morgan fingerprint density at radius 2 is 1.41 bits per heavy atom. The minimum Gasteiger partial charge on any atom is -0.480 e. The normalized spacial score (nSPS) is 13.0. The molecule has 0 bridgehead atoms. The van der Waals surface area contributed by atoms with Gasteiger partial charge in [-0.2, -0.15) is 0 Å². The van der Waals surface area contributed by atoms with Crippen molar-refractivity contribution in [1.29, 1.82) is 0 Å². The van der Waals surface area contributed by atoms with Gasteiger partial charge in [0.25, 0.3) is 0 Å². The standard InChI is InChI=1S/C25H37NO11/c1-5-8-13-34-23(29)35-16(4)14-18(21(26)22(27)28)17-9-10-19(36-24(30)32-11-6-2)20(15-17)37-25(31)33-12-7-3/h9-10,15-16,18,21H,5-8,11-14,26H2,1-4H3,(H,27,28)/t16?,18?,21-/m0/s1. The molecule has 0 amide bonds. The minimum absolute atomic E-state index is 0.00874. The maximum atomic E-state index is 12.1. The molecule has 0 saturated heterocycles. The average molecular weight is 528 g/mol. The fourth-order valence-corrected chi connectivity index (χ4v) is 3.09. The zero-order valence-electron chi connectivity index (χ0n) is 21.7. The summed E-state index contributed by atoms with van der Waals surface area (Å²) in [6, 6.07) is 2.70. The highest BCUT2D eigenvalue weighted by Crippen LogP contribution is 2.35. The number of carbonyl (C=O) groups excluding carboxylic acids is 3. The topological polar surface area (TPSA) is 170 Å². The van der Waals surface area contributed by atoms with Crippen LogP contribution in [0.15, 0.2) is 18.2 Å². The molecule has 208 valence electrons. The summed E-state index contributed by atoms with van der Waals surface area (Å²) in [6.45, 7) is 7.55. The van der Waals surface area contributed by atoms with Crippen molar-refractivity contribution in [1.82, 2.24) is 0 Å². The van der Waals surface area contributed by atoms with E-state index in [1.165, 1.54) is 18.2 Å². The fourth-order valence-electron chi connectivity index (χ4n) is 3.09. The first kappa shape index (κ1) is 31.5. The van der Waals surface area contributed by atoms with Crippen LogP contribution in [0.5, 0.6) is 11.5 Å². The Balaban J connectivity index is 3.21. The van der Waals surface area contributed by atoms with Gasteiger partial charge in [-0.15, -0.1) is 0 Å². The molecule has 12 nitrogen and oxygen atoms in total. The van der Waals surface area contributed by atoms with Gasteiger partial charge in [0.2, 0.25) is 0 Å². The van der Waals surface area contributed by atoms with Gasteiger partial charge < -0.3 is 39.3 Å². The van der Waals surface area contributed by atoms with E-state index in [4.69, 9.17) is 34.2 Å². The largest absolute Gasteiger partial charge is 0.513 e. The molecule has 0 spiro atoms. The van der Waals surface area contributed by atoms with E-state index in [2.05, 4.69) is 0 Å². The molecule has 0 fully saturated rings. The summed E-state index contributed by atoms with van der Waals surface area (Å²) in [5, 5.41) is 9.57. The third-order valence-corrected chi connectivity index (χ3v) is 4.95. The van der Waals surface area contributed by atoms with E-state index < -0.39 is 42.5 Å². The molecule has 12 heteroatoms. The number of aliphatic carboxylic acids is 1. The lowest BCUT2D eigenvalue weighted by molar-refractivity contribution is -0.139. The second-order valence-electron chi connectivity index (χ2n) is 8.19. The zero-order chi connectivity index (χ0) is 27.8. The highest BCUT2D eigenvalue weighted by atomic mass is 16.7. The van der Waals surface area contributed by atoms with Gasteiger partial charge in [0.15, 0.2) is 11.5 Å². The molecule has 0 aliphatic rings. The Labute approximate surface area is 216 Å². The van der Waals surface area contributed by atoms with Gasteiger partial charge in [0, 0.05) is 5.92 Å². The molecule has 2 unspecified atom stereocenters. The summed E-state index contributed by atoms with van der Waals surface area (Å²) in [6.07, 6.45) is -1.04. The van der Waals surface area contributed by atoms with Crippen LogP contribution in [0, 0.1) is 0 Å². The number of ether oxygens (including phenoxy) is 6. The third kappa shape index (κ3) is 11.8. The van der Waals surface area contributed by atoms with Crippen LogP contribution in [-0.2, 0) is 23.7 Å². The Hall–Kier alpha value is -3.54. The predicted molar refractivity (Wildman–Crippen MR) is 131 cm³/mol. The summed E-state index contributed by atoms with van der Waals surface area (Å²) >= 11 is 0. The average Bonchev–Trinajstić information content (AvgIpc) is 2.85. The molecule has 1 rings (SSSR count). The highest BCUT2D eigenvalue weighted by Gasteiger charge is 2.30. The van der Waals surface area contributed by atoms with E-state index in [0.717, 1.165) is 6.42 Å². The lowest BCUT2D eigenvalue weighted by Crippen LogP contribution is -2.38. The molecule has 0 aliphatic heterocycles. The van der Waals surface area contributed by atoms with Gasteiger partial charge in [-0.1, -0.05) is 33.3 Å². The number of carboxylic acid groups (broad SMARTS) is 1. The van der Waals surface area contributed by atoms with E-state index in [0.29, 0.717) is 24.8 Å². The number of benzene rings is 1. The molecule has 1 aromatic carbocycles. The van der Waals surface area contributed by atoms with Gasteiger partial charge in [-0.25, -0.2) is 14.4 Å². The van der Waals surface area contributed by atoms with Crippen molar-refractivity contribution < 1.29 is 52.7 Å². The molecule has 37 heavy (non-hydrogen) atoms. The second-order valence-corrected chi connectivity index (χ2v) is 8.19. The Kier molecular flexibility index (Phi) is 14.5. The van der Waals surface area contributed by atoms with E-state index in [1.54, 1.807) is 13.8 Å². The minimum atomic E-state index is -1.40. The van der Waals surface area contributed by atoms with E-state index in [1.807, 2.05) is 13.8 Å². The first-order valence-corrected chi connectivity index (χ1v) is 12.3. The van der Waals surface area contributed by atoms with Crippen molar-refractivity contribution >= 4 is 24.4 Å². The van der Waals surface area contributed by atoms with Crippen LogP contribution in [0.2, 0.25) is 0 Å². The summed E-state index contributed by atoms with van der Waals surface area (Å²) in [7, 11) is 0. The number of hydrogen-bond donors (Lipinski definition) is 2. The van der Waals surface area contributed by atoms with Crippen molar-refractivity contribution in [3.63, 3.8) is 0 Å². The Morgan fingerprint density at radius 3 is 1.95 bits per heavy atom. The van der Waals surface area contributed by atoms with Crippen molar-refractivity contribution in [2.45, 2.75) is 77.9 Å². The molecule has 0 radical (unpaired) electrons. The molecule has 1 aromatic rings. The van der Waals surface area contributed by atoms with Crippen LogP contribution in [0.25, 0.3) is 0 Å². The van der Waals surface area contributed by atoms with E-state index >= 15 is 0 Å². The van der Waals surface area contributed by atoms with Crippen molar-refractivity contribution in [3.8, 4) is 11.5 Å². The fraction of sp³-hybridized carbons (Fsp3) is 0.600. The maximum absolute atomic E-state index is 12.1. The molecule has 3 atom stereocenters. The molecular weight excluding hydrogens is 490 g/mol. The number of nitrogens with two attached hydrogens (primary N) is 1. The van der Waals surface area contributed by atoms with Crippen LogP contribution in [0.3, 0.4) is 0 Å². The summed E-state index contributed by atoms with van der Waals surface area (Å²) in [4.78, 5) is 47.7. The van der Waals surface area contributed by atoms with Gasteiger partial charge in [-0.3, -0.25) is 4.79 Å². The van der Waals surface area contributed by atoms with Crippen LogP contribution < -0.4 is 15.2 Å². The van der Waals surface area contributed by atoms with Crippen LogP contribution in [-0.4, -0.2) is 61.5 Å². The molecule has 0 aliphatic carbocycles. The van der Waals surface area contributed by atoms with Crippen LogP contribution in [0.4, 0.5) is 14.4 Å². The molecule has 0 saturated carbocycles. The Morgan fingerprint density at radius 1 is 0.838 bits per heavy atom. The number of carboxylic acids is 1. The van der Waals surface area contributed by atoms with E-state index in [-0.39, 0.29) is 37.7 Å². The van der Waals surface area contributed by atoms with Gasteiger partial charge in [0.05, 0.1) is 19.8 Å². The molecule has 0 heterocycles. The van der Waals surface area contributed by atoms with Gasteiger partial charge in [0.1, 0.15) is 12.1 Å². The summed E-state index contributed by atoms with van der Waals surface area (Å²) in [5.74, 6) is -2.53. The van der Waals surface area contributed by atoms with Gasteiger partial charge >= 0.3 is 24.4 Å². The van der Waals surface area contributed by atoms with Gasteiger partial charge in [-0.05, 0) is 50.3 Å². The highest BCUT2D eigenvalue weighted by molar-refractivity contribution is 5.75. The number of carbonyl (C=O) groups is 4. The summed E-state index contributed by atoms with van der Waals surface area (Å²) < 4.78 is 30.4. The lowest BCUT2D eigenvalue weighted by atomic mass is 9.87. The van der Waals surface area contributed by atoms with E-state index in [9.17, 15) is 24.3 Å². The van der Waals surface area contributed by atoms with Crippen LogP contribution >= 0.6 is 0 Å². The van der Waals surface area contributed by atoms with Crippen LogP contribution in [0.1, 0.15) is 71.3 Å². The van der Waals surface area contributed by atoms with Crippen molar-refractivity contribution in [2.24, 2.45) is 5.73 Å². The molecule has 0 aromatic heterocycles. The second kappa shape index (κ2) is 17.0. The first-order valence-electron chi connectivity index (χ1n) is 12.3. The first-order chi connectivity index (χ1) is 17.6. The Bertz CT molecular complexity index is 889. The third-order valence-electron chi connectivity index (χ3n) is 4.95. The maximum Gasteiger partial charge on any atom is 0.513 e. The summed E-state index contributed by atoms with van der Waals surface area (Å²) in [5.41, 5.74) is 6.28. The number of unbranched alkanes of at least 4 members (excludes halogenated alkanes) is 1. The smallest absolute Gasteiger partial charge is 0.480 e.